The van der Waals surface area contributed by atoms with Gasteiger partial charge in [0.05, 0.1) is 4.87 Å². The van der Waals surface area contributed by atoms with E-state index in [1.165, 1.54) is 0 Å². The third-order valence-corrected chi connectivity index (χ3v) is 6.05. The van der Waals surface area contributed by atoms with Gasteiger partial charge < -0.3 is 14.7 Å². The van der Waals surface area contributed by atoms with Gasteiger partial charge in [-0.1, -0.05) is 0 Å². The van der Waals surface area contributed by atoms with Gasteiger partial charge in [0, 0.05) is 38.4 Å². The van der Waals surface area contributed by atoms with Crippen LogP contribution in [0.5, 0.6) is 0 Å². The second kappa shape index (κ2) is 4.66. The van der Waals surface area contributed by atoms with E-state index in [9.17, 15) is 9.59 Å². The number of fused-ring (bicyclic) bond motifs is 1. The van der Waals surface area contributed by atoms with Crippen LogP contribution in [0.4, 0.5) is 0 Å². The summed E-state index contributed by atoms with van der Waals surface area (Å²) >= 11 is 1.77. The van der Waals surface area contributed by atoms with Crippen molar-refractivity contribution in [1.29, 1.82) is 0 Å². The molecular weight excluding hydrogens is 262 g/mol. The van der Waals surface area contributed by atoms with Crippen molar-refractivity contribution < 1.29 is 9.59 Å². The second-order valence-electron chi connectivity index (χ2n) is 5.89. The summed E-state index contributed by atoms with van der Waals surface area (Å²) < 4.78 is 0. The number of amides is 2. The van der Waals surface area contributed by atoms with Crippen molar-refractivity contribution in [3.8, 4) is 0 Å². The van der Waals surface area contributed by atoms with Gasteiger partial charge in [-0.3, -0.25) is 9.59 Å². The molecule has 6 heteroatoms. The number of hydrogen-bond donors (Lipinski definition) is 0. The summed E-state index contributed by atoms with van der Waals surface area (Å²) in [6.45, 7) is 5.53. The first-order valence-corrected chi connectivity index (χ1v) is 7.93. The molecule has 3 heterocycles. The molecule has 5 nitrogen and oxygen atoms in total. The van der Waals surface area contributed by atoms with Crippen molar-refractivity contribution >= 4 is 23.6 Å². The molecule has 3 rings (SSSR count). The summed E-state index contributed by atoms with van der Waals surface area (Å²) in [4.78, 5) is 30.6. The second-order valence-corrected chi connectivity index (χ2v) is 7.40. The van der Waals surface area contributed by atoms with Gasteiger partial charge in [0.15, 0.2) is 0 Å². The first kappa shape index (κ1) is 13.2. The lowest BCUT2D eigenvalue weighted by atomic mass is 10.2. The van der Waals surface area contributed by atoms with Gasteiger partial charge in [-0.25, -0.2) is 0 Å². The maximum Gasteiger partial charge on any atom is 0.246 e. The fraction of sp³-hybridized carbons (Fsp3) is 0.846. The van der Waals surface area contributed by atoms with Crippen molar-refractivity contribution in [3.05, 3.63) is 0 Å². The van der Waals surface area contributed by atoms with Crippen LogP contribution >= 0.6 is 11.8 Å². The van der Waals surface area contributed by atoms with E-state index in [2.05, 4.69) is 18.9 Å². The number of rotatable bonds is 1. The van der Waals surface area contributed by atoms with Crippen molar-refractivity contribution in [2.24, 2.45) is 0 Å². The smallest absolute Gasteiger partial charge is 0.246 e. The molecule has 3 aliphatic heterocycles. The highest BCUT2D eigenvalue weighted by atomic mass is 32.2. The maximum absolute atomic E-state index is 12.6. The molecule has 0 bridgehead atoms. The fourth-order valence-electron chi connectivity index (χ4n) is 3.24. The SMILES string of the molecule is CN1CCN(C(=O)[C@@H]2CS[C@@]3(C)CCC(=O)N23)CC1. The highest BCUT2D eigenvalue weighted by Gasteiger charge is 2.53. The average molecular weight is 283 g/mol. The van der Waals surface area contributed by atoms with Gasteiger partial charge in [0.1, 0.15) is 6.04 Å². The first-order valence-electron chi connectivity index (χ1n) is 6.95. The van der Waals surface area contributed by atoms with E-state index in [0.717, 1.165) is 38.4 Å². The minimum absolute atomic E-state index is 0.135. The van der Waals surface area contributed by atoms with Gasteiger partial charge in [-0.05, 0) is 20.4 Å². The lowest BCUT2D eigenvalue weighted by molar-refractivity contribution is -0.144. The third kappa shape index (κ3) is 2.14. The van der Waals surface area contributed by atoms with E-state index in [1.54, 1.807) is 11.8 Å². The number of likely N-dealkylation sites (N-methyl/N-ethyl adjacent to an activating group) is 1. The summed E-state index contributed by atoms with van der Waals surface area (Å²) in [6.07, 6.45) is 1.47. The quantitative estimate of drug-likeness (QED) is 0.690. The number of thioether (sulfide) groups is 1. The Bertz CT molecular complexity index is 409. The monoisotopic (exact) mass is 283 g/mol. The average Bonchev–Trinajstić information content (AvgIpc) is 2.87. The zero-order valence-electron chi connectivity index (χ0n) is 11.6. The van der Waals surface area contributed by atoms with Crippen LogP contribution in [-0.2, 0) is 9.59 Å². The Balaban J connectivity index is 1.72. The minimum atomic E-state index is -0.228. The van der Waals surface area contributed by atoms with E-state index in [-0.39, 0.29) is 22.7 Å². The molecular formula is C13H21N3O2S. The highest BCUT2D eigenvalue weighted by molar-refractivity contribution is 8.01. The molecule has 106 valence electrons. The first-order chi connectivity index (χ1) is 9.01. The van der Waals surface area contributed by atoms with E-state index in [0.29, 0.717) is 6.42 Å². The lowest BCUT2D eigenvalue weighted by Gasteiger charge is -2.36. The molecule has 0 aliphatic carbocycles. The van der Waals surface area contributed by atoms with E-state index < -0.39 is 0 Å². The predicted octanol–water partition coefficient (Wildman–Crippen LogP) is 0.214. The molecule has 0 aromatic heterocycles. The van der Waals surface area contributed by atoms with Crippen LogP contribution in [0, 0.1) is 0 Å². The van der Waals surface area contributed by atoms with Gasteiger partial charge in [-0.2, -0.15) is 0 Å². The number of carbonyl (C=O) groups is 2. The third-order valence-electron chi connectivity index (χ3n) is 4.54. The van der Waals surface area contributed by atoms with Crippen LogP contribution in [0.2, 0.25) is 0 Å². The molecule has 0 radical (unpaired) electrons. The summed E-state index contributed by atoms with van der Waals surface area (Å²) in [6, 6.07) is -0.228. The lowest BCUT2D eigenvalue weighted by Crippen LogP contribution is -2.55. The Hall–Kier alpha value is -0.750. The molecule has 0 aromatic rings. The maximum atomic E-state index is 12.6. The molecule has 0 saturated carbocycles. The largest absolute Gasteiger partial charge is 0.338 e. The van der Waals surface area contributed by atoms with Gasteiger partial charge in [-0.15, -0.1) is 11.8 Å². The van der Waals surface area contributed by atoms with Crippen molar-refractivity contribution in [2.75, 3.05) is 39.0 Å². The van der Waals surface area contributed by atoms with E-state index in [1.807, 2.05) is 9.80 Å². The molecule has 2 atom stereocenters. The summed E-state index contributed by atoms with van der Waals surface area (Å²) in [5.41, 5.74) is 0. The molecule has 0 aromatic carbocycles. The minimum Gasteiger partial charge on any atom is -0.338 e. The Kier molecular flexibility index (Phi) is 3.25. The zero-order chi connectivity index (χ0) is 13.6. The normalized spacial score (nSPS) is 35.9. The number of nitrogens with zero attached hydrogens (tertiary/aromatic N) is 3. The molecule has 3 fully saturated rings. The zero-order valence-corrected chi connectivity index (χ0v) is 12.4. The Morgan fingerprint density at radius 1 is 1.32 bits per heavy atom. The van der Waals surface area contributed by atoms with E-state index in [4.69, 9.17) is 0 Å². The van der Waals surface area contributed by atoms with Crippen LogP contribution in [0.1, 0.15) is 19.8 Å². The number of carbonyl (C=O) groups excluding carboxylic acids is 2. The molecule has 0 spiro atoms. The van der Waals surface area contributed by atoms with Crippen LogP contribution in [0.3, 0.4) is 0 Å². The summed E-state index contributed by atoms with van der Waals surface area (Å²) in [5, 5.41) is 0. The summed E-state index contributed by atoms with van der Waals surface area (Å²) in [7, 11) is 2.08. The molecule has 3 saturated heterocycles. The standard InChI is InChI=1S/C13H21N3O2S/c1-13-4-3-11(17)16(13)10(9-19-13)12(18)15-7-5-14(2)6-8-15/h10H,3-9H2,1-2H3/t10-,13-/m0/s1. The summed E-state index contributed by atoms with van der Waals surface area (Å²) in [5.74, 6) is 1.06. The number of hydrogen-bond acceptors (Lipinski definition) is 4. The predicted molar refractivity (Wildman–Crippen MR) is 74.8 cm³/mol. The van der Waals surface area contributed by atoms with Gasteiger partial charge >= 0.3 is 0 Å². The van der Waals surface area contributed by atoms with Gasteiger partial charge in [0.2, 0.25) is 11.8 Å². The van der Waals surface area contributed by atoms with Crippen LogP contribution < -0.4 is 0 Å². The number of piperazine rings is 1. The Morgan fingerprint density at radius 2 is 2.00 bits per heavy atom. The Morgan fingerprint density at radius 3 is 2.68 bits per heavy atom. The molecule has 19 heavy (non-hydrogen) atoms. The van der Waals surface area contributed by atoms with E-state index >= 15 is 0 Å². The fourth-order valence-corrected chi connectivity index (χ4v) is 4.66. The van der Waals surface area contributed by atoms with Crippen molar-refractivity contribution in [3.63, 3.8) is 0 Å². The molecule has 0 unspecified atom stereocenters. The van der Waals surface area contributed by atoms with Crippen LogP contribution in [-0.4, -0.2) is 76.4 Å². The molecule has 2 amide bonds. The van der Waals surface area contributed by atoms with Crippen LogP contribution in [0.15, 0.2) is 0 Å². The van der Waals surface area contributed by atoms with Crippen molar-refractivity contribution in [2.45, 2.75) is 30.7 Å². The van der Waals surface area contributed by atoms with Crippen molar-refractivity contribution in [1.82, 2.24) is 14.7 Å². The topological polar surface area (TPSA) is 43.9 Å². The van der Waals surface area contributed by atoms with Gasteiger partial charge in [0.25, 0.3) is 0 Å². The molecule has 0 N–H and O–H groups in total. The molecule has 3 aliphatic rings. The Labute approximate surface area is 118 Å². The van der Waals surface area contributed by atoms with Crippen LogP contribution in [0.25, 0.3) is 0 Å². The highest BCUT2D eigenvalue weighted by Crippen LogP contribution is 2.47.